The Kier molecular flexibility index (Phi) is 3.82. The molecule has 0 fully saturated rings. The summed E-state index contributed by atoms with van der Waals surface area (Å²) in [4.78, 5) is 16.3. The molecule has 1 aromatic heterocycles. The van der Waals surface area contributed by atoms with Crippen LogP contribution in [-0.4, -0.2) is 23.6 Å². The standard InChI is InChI=1S/C10H16N2O2S/c1-10(2,3)14-9(13)7-5-12-8(15-7)6-11-4/h5,11H,6H2,1-4H3. The molecule has 1 rings (SSSR count). The van der Waals surface area contributed by atoms with Crippen LogP contribution in [0.15, 0.2) is 6.20 Å². The lowest BCUT2D eigenvalue weighted by Crippen LogP contribution is -2.23. The molecule has 0 saturated carbocycles. The fourth-order valence-corrected chi connectivity index (χ4v) is 1.77. The Morgan fingerprint density at radius 1 is 1.60 bits per heavy atom. The summed E-state index contributed by atoms with van der Waals surface area (Å²) in [6.45, 7) is 6.22. The van der Waals surface area contributed by atoms with Gasteiger partial charge in [0.05, 0.1) is 6.20 Å². The molecule has 1 aromatic rings. The van der Waals surface area contributed by atoms with Crippen molar-refractivity contribution < 1.29 is 9.53 Å². The molecule has 0 aliphatic carbocycles. The van der Waals surface area contributed by atoms with E-state index in [9.17, 15) is 4.79 Å². The first-order chi connectivity index (χ1) is 6.92. The van der Waals surface area contributed by atoms with Gasteiger partial charge in [-0.15, -0.1) is 11.3 Å². The van der Waals surface area contributed by atoms with Gasteiger partial charge >= 0.3 is 5.97 Å². The highest BCUT2D eigenvalue weighted by Gasteiger charge is 2.19. The first kappa shape index (κ1) is 12.1. The number of hydrogen-bond acceptors (Lipinski definition) is 5. The summed E-state index contributed by atoms with van der Waals surface area (Å²) in [5.41, 5.74) is -0.454. The number of carbonyl (C=O) groups excluding carboxylic acids is 1. The zero-order valence-electron chi connectivity index (χ0n) is 9.46. The molecule has 0 aliphatic rings. The molecule has 1 N–H and O–H groups in total. The van der Waals surface area contributed by atoms with E-state index in [0.717, 1.165) is 5.01 Å². The normalized spacial score (nSPS) is 11.5. The zero-order chi connectivity index (χ0) is 11.5. The lowest BCUT2D eigenvalue weighted by molar-refractivity contribution is 0.00750. The minimum Gasteiger partial charge on any atom is -0.456 e. The minimum absolute atomic E-state index is 0.303. The number of aromatic nitrogens is 1. The van der Waals surface area contributed by atoms with E-state index in [-0.39, 0.29) is 5.97 Å². The minimum atomic E-state index is -0.454. The third-order valence-electron chi connectivity index (χ3n) is 1.48. The van der Waals surface area contributed by atoms with Crippen LogP contribution < -0.4 is 5.32 Å². The number of nitrogens with one attached hydrogen (secondary N) is 1. The molecule has 5 heteroatoms. The summed E-state index contributed by atoms with van der Waals surface area (Å²) in [5.74, 6) is -0.303. The van der Waals surface area contributed by atoms with Gasteiger partial charge in [-0.05, 0) is 27.8 Å². The molecule has 0 unspecified atom stereocenters. The van der Waals surface area contributed by atoms with Crippen molar-refractivity contribution in [2.45, 2.75) is 32.9 Å². The van der Waals surface area contributed by atoms with E-state index in [1.54, 1.807) is 6.20 Å². The van der Waals surface area contributed by atoms with Crippen molar-refractivity contribution >= 4 is 17.3 Å². The summed E-state index contributed by atoms with van der Waals surface area (Å²) in [5, 5.41) is 3.87. The summed E-state index contributed by atoms with van der Waals surface area (Å²) in [7, 11) is 1.84. The Morgan fingerprint density at radius 2 is 2.27 bits per heavy atom. The lowest BCUT2D eigenvalue weighted by atomic mass is 10.2. The third kappa shape index (κ3) is 3.97. The molecule has 0 spiro atoms. The highest BCUT2D eigenvalue weighted by Crippen LogP contribution is 2.17. The predicted octanol–water partition coefficient (Wildman–Crippen LogP) is 1.82. The highest BCUT2D eigenvalue weighted by atomic mass is 32.1. The molecule has 0 radical (unpaired) electrons. The van der Waals surface area contributed by atoms with E-state index in [2.05, 4.69) is 10.3 Å². The van der Waals surface area contributed by atoms with Crippen LogP contribution in [0.3, 0.4) is 0 Å². The Bertz CT molecular complexity index is 341. The van der Waals surface area contributed by atoms with Crippen LogP contribution in [0.4, 0.5) is 0 Å². The van der Waals surface area contributed by atoms with Gasteiger partial charge in [0.25, 0.3) is 0 Å². The van der Waals surface area contributed by atoms with E-state index >= 15 is 0 Å². The maximum absolute atomic E-state index is 11.6. The molecule has 0 bridgehead atoms. The number of thiazole rings is 1. The van der Waals surface area contributed by atoms with E-state index in [1.165, 1.54) is 11.3 Å². The van der Waals surface area contributed by atoms with Crippen molar-refractivity contribution in [3.63, 3.8) is 0 Å². The largest absolute Gasteiger partial charge is 0.456 e. The SMILES string of the molecule is CNCc1ncc(C(=O)OC(C)(C)C)s1. The molecule has 0 atom stereocenters. The van der Waals surface area contributed by atoms with Crippen molar-refractivity contribution in [3.05, 3.63) is 16.1 Å². The average Bonchev–Trinajstić information content (AvgIpc) is 2.50. The monoisotopic (exact) mass is 228 g/mol. The second-order valence-electron chi connectivity index (χ2n) is 4.15. The molecule has 0 amide bonds. The van der Waals surface area contributed by atoms with E-state index in [1.807, 2.05) is 27.8 Å². The van der Waals surface area contributed by atoms with Crippen molar-refractivity contribution in [2.24, 2.45) is 0 Å². The summed E-state index contributed by atoms with van der Waals surface area (Å²) in [6.07, 6.45) is 1.56. The van der Waals surface area contributed by atoms with Crippen LogP contribution in [0.1, 0.15) is 35.5 Å². The average molecular weight is 228 g/mol. The first-order valence-electron chi connectivity index (χ1n) is 4.75. The van der Waals surface area contributed by atoms with Gasteiger partial charge in [-0.1, -0.05) is 0 Å². The van der Waals surface area contributed by atoms with Crippen LogP contribution in [-0.2, 0) is 11.3 Å². The second kappa shape index (κ2) is 4.72. The fraction of sp³-hybridized carbons (Fsp3) is 0.600. The quantitative estimate of drug-likeness (QED) is 0.802. The van der Waals surface area contributed by atoms with Gasteiger partial charge in [-0.2, -0.15) is 0 Å². The molecule has 0 saturated heterocycles. The van der Waals surface area contributed by atoms with Gasteiger partial charge in [-0.25, -0.2) is 9.78 Å². The smallest absolute Gasteiger partial charge is 0.350 e. The van der Waals surface area contributed by atoms with Crippen LogP contribution in [0.2, 0.25) is 0 Å². The first-order valence-corrected chi connectivity index (χ1v) is 5.56. The number of carbonyl (C=O) groups is 1. The molecule has 84 valence electrons. The van der Waals surface area contributed by atoms with Gasteiger partial charge in [0.1, 0.15) is 15.5 Å². The summed E-state index contributed by atoms with van der Waals surface area (Å²) in [6, 6.07) is 0. The molecule has 15 heavy (non-hydrogen) atoms. The molecule has 0 aliphatic heterocycles. The van der Waals surface area contributed by atoms with Crippen molar-refractivity contribution in [3.8, 4) is 0 Å². The van der Waals surface area contributed by atoms with E-state index in [4.69, 9.17) is 4.74 Å². The summed E-state index contributed by atoms with van der Waals surface area (Å²) < 4.78 is 5.23. The second-order valence-corrected chi connectivity index (χ2v) is 5.27. The van der Waals surface area contributed by atoms with Crippen LogP contribution in [0.25, 0.3) is 0 Å². The number of nitrogens with zero attached hydrogens (tertiary/aromatic N) is 1. The molecule has 1 heterocycles. The van der Waals surface area contributed by atoms with Gasteiger partial charge in [0.15, 0.2) is 0 Å². The predicted molar refractivity (Wildman–Crippen MR) is 60.0 cm³/mol. The van der Waals surface area contributed by atoms with Crippen molar-refractivity contribution in [1.82, 2.24) is 10.3 Å². The topological polar surface area (TPSA) is 51.2 Å². The number of esters is 1. The van der Waals surface area contributed by atoms with E-state index < -0.39 is 5.60 Å². The molecular formula is C10H16N2O2S. The Hall–Kier alpha value is -0.940. The number of hydrogen-bond donors (Lipinski definition) is 1. The van der Waals surface area contributed by atoms with Crippen LogP contribution >= 0.6 is 11.3 Å². The Labute approximate surface area is 93.7 Å². The molecule has 0 aromatic carbocycles. The van der Waals surface area contributed by atoms with Gasteiger partial charge < -0.3 is 10.1 Å². The van der Waals surface area contributed by atoms with Gasteiger partial charge in [0.2, 0.25) is 0 Å². The molecular weight excluding hydrogens is 212 g/mol. The Morgan fingerprint density at radius 3 is 2.80 bits per heavy atom. The lowest BCUT2D eigenvalue weighted by Gasteiger charge is -2.18. The number of rotatable bonds is 3. The van der Waals surface area contributed by atoms with Crippen LogP contribution in [0, 0.1) is 0 Å². The van der Waals surface area contributed by atoms with Crippen molar-refractivity contribution in [2.75, 3.05) is 7.05 Å². The Balaban J connectivity index is 2.66. The van der Waals surface area contributed by atoms with Gasteiger partial charge in [0, 0.05) is 6.54 Å². The van der Waals surface area contributed by atoms with Crippen molar-refractivity contribution in [1.29, 1.82) is 0 Å². The van der Waals surface area contributed by atoms with E-state index in [0.29, 0.717) is 11.4 Å². The van der Waals surface area contributed by atoms with Gasteiger partial charge in [-0.3, -0.25) is 0 Å². The molecule has 4 nitrogen and oxygen atoms in total. The maximum Gasteiger partial charge on any atom is 0.350 e. The van der Waals surface area contributed by atoms with Crippen LogP contribution in [0.5, 0.6) is 0 Å². The third-order valence-corrected chi connectivity index (χ3v) is 2.46. The highest BCUT2D eigenvalue weighted by molar-refractivity contribution is 7.13. The maximum atomic E-state index is 11.6. The zero-order valence-corrected chi connectivity index (χ0v) is 10.3. The summed E-state index contributed by atoms with van der Waals surface area (Å²) >= 11 is 1.36. The number of ether oxygens (including phenoxy) is 1. The fourth-order valence-electron chi connectivity index (χ4n) is 0.966.